The number of nitrogens with zero attached hydrogens (tertiary/aromatic N) is 1. The Balaban J connectivity index is 1.88. The number of hydrogen-bond acceptors (Lipinski definition) is 3. The lowest BCUT2D eigenvalue weighted by Gasteiger charge is -2.15. The smallest absolute Gasteiger partial charge is 0.233 e. The lowest BCUT2D eigenvalue weighted by Crippen LogP contribution is -2.30. The van der Waals surface area contributed by atoms with E-state index in [0.717, 1.165) is 22.5 Å². The van der Waals surface area contributed by atoms with E-state index in [1.807, 2.05) is 50.2 Å². The molecule has 2 aromatic carbocycles. The summed E-state index contributed by atoms with van der Waals surface area (Å²) in [4.78, 5) is 28.4. The normalized spacial score (nSPS) is 12.2. The summed E-state index contributed by atoms with van der Waals surface area (Å²) in [6.45, 7) is 3.90. The third kappa shape index (κ3) is 5.95. The molecule has 0 aromatic heterocycles. The van der Waals surface area contributed by atoms with E-state index < -0.39 is 0 Å². The van der Waals surface area contributed by atoms with Gasteiger partial charge in [-0.25, -0.2) is 0 Å². The minimum absolute atomic E-state index is 0.155. The second kappa shape index (κ2) is 9.52. The van der Waals surface area contributed by atoms with Crippen molar-refractivity contribution in [3.63, 3.8) is 0 Å². The Labute approximate surface area is 160 Å². The van der Waals surface area contributed by atoms with Crippen LogP contribution < -0.4 is 16.0 Å². The summed E-state index contributed by atoms with van der Waals surface area (Å²) in [6.07, 6.45) is -0.226. The molecule has 0 spiro atoms. The minimum Gasteiger partial charge on any atom is -0.373 e. The quantitative estimate of drug-likeness (QED) is 0.418. The molecule has 0 saturated heterocycles. The molecule has 27 heavy (non-hydrogen) atoms. The number of rotatable bonds is 6. The van der Waals surface area contributed by atoms with Gasteiger partial charge in [0.1, 0.15) is 12.3 Å². The van der Waals surface area contributed by atoms with Gasteiger partial charge < -0.3 is 16.0 Å². The minimum atomic E-state index is -0.352. The highest BCUT2D eigenvalue weighted by Crippen LogP contribution is 2.14. The largest absolute Gasteiger partial charge is 0.373 e. The van der Waals surface area contributed by atoms with Gasteiger partial charge in [0.15, 0.2) is 0 Å². The van der Waals surface area contributed by atoms with Crippen LogP contribution in [0.4, 0.5) is 5.69 Å². The highest BCUT2D eigenvalue weighted by atomic mass is 16.2. The van der Waals surface area contributed by atoms with Gasteiger partial charge in [-0.15, -0.1) is 0 Å². The van der Waals surface area contributed by atoms with Crippen LogP contribution in [0.1, 0.15) is 36.1 Å². The van der Waals surface area contributed by atoms with Gasteiger partial charge >= 0.3 is 0 Å². The zero-order chi connectivity index (χ0) is 19.8. The topological polar surface area (TPSA) is 82.6 Å². The van der Waals surface area contributed by atoms with Crippen LogP contribution in [0.2, 0.25) is 0 Å². The second-order valence-corrected chi connectivity index (χ2v) is 6.33. The van der Waals surface area contributed by atoms with Gasteiger partial charge in [0.25, 0.3) is 0 Å². The van der Waals surface area contributed by atoms with Gasteiger partial charge in [-0.2, -0.15) is 0 Å². The predicted molar refractivity (Wildman–Crippen MR) is 109 cm³/mol. The van der Waals surface area contributed by atoms with Crippen molar-refractivity contribution in [1.82, 2.24) is 10.6 Å². The van der Waals surface area contributed by atoms with Crippen molar-refractivity contribution >= 4 is 23.3 Å². The first kappa shape index (κ1) is 20.2. The molecule has 0 aliphatic rings. The van der Waals surface area contributed by atoms with Crippen LogP contribution in [0, 0.1) is 6.92 Å². The number of aryl methyl sites for hydroxylation is 1. The Morgan fingerprint density at radius 1 is 1.07 bits per heavy atom. The predicted octanol–water partition coefficient (Wildman–Crippen LogP) is 2.80. The summed E-state index contributed by atoms with van der Waals surface area (Å²) in [7, 11) is 3.51. The molecule has 0 heterocycles. The summed E-state index contributed by atoms with van der Waals surface area (Å²) < 4.78 is 0. The van der Waals surface area contributed by atoms with Crippen LogP contribution in [0.25, 0.3) is 0 Å². The van der Waals surface area contributed by atoms with Crippen molar-refractivity contribution in [1.29, 1.82) is 0 Å². The van der Waals surface area contributed by atoms with Crippen LogP contribution in [0.5, 0.6) is 0 Å². The van der Waals surface area contributed by atoms with Crippen molar-refractivity contribution in [2.24, 2.45) is 4.99 Å². The van der Waals surface area contributed by atoms with E-state index >= 15 is 0 Å². The van der Waals surface area contributed by atoms with Crippen LogP contribution in [0.3, 0.4) is 0 Å². The zero-order valence-corrected chi connectivity index (χ0v) is 16.2. The number of carbonyl (C=O) groups is 2. The van der Waals surface area contributed by atoms with E-state index in [9.17, 15) is 9.59 Å². The molecule has 0 aliphatic carbocycles. The van der Waals surface area contributed by atoms with E-state index in [-0.39, 0.29) is 24.3 Å². The summed E-state index contributed by atoms with van der Waals surface area (Å²) in [5.41, 5.74) is 3.69. The molecule has 2 amide bonds. The molecule has 1 unspecified atom stereocenters. The lowest BCUT2D eigenvalue weighted by molar-refractivity contribution is -0.127. The van der Waals surface area contributed by atoms with Gasteiger partial charge in [0.2, 0.25) is 11.8 Å². The van der Waals surface area contributed by atoms with E-state index in [4.69, 9.17) is 0 Å². The van der Waals surface area contributed by atoms with E-state index in [1.54, 1.807) is 26.2 Å². The summed E-state index contributed by atoms with van der Waals surface area (Å²) in [5, 5.41) is 8.59. The standard InChI is InChI=1S/C21H26N4O2/c1-14-6-5-7-17(12-14)15(2)24-19(26)13-20(27)25-18-10-8-16(9-11-18)21(22-3)23-4/h5-12,15H,13H2,1-4H3,(H,22,23)(H,24,26)(H,25,27). The Morgan fingerprint density at radius 3 is 2.37 bits per heavy atom. The van der Waals surface area contributed by atoms with Crippen LogP contribution >= 0.6 is 0 Å². The molecular formula is C21H26N4O2. The SMILES string of the molecule is CN=C(NC)c1ccc(NC(=O)CC(=O)NC(C)c2cccc(C)c2)cc1. The molecule has 0 saturated carbocycles. The maximum absolute atomic E-state index is 12.1. The Hall–Kier alpha value is -3.15. The monoisotopic (exact) mass is 366 g/mol. The zero-order valence-electron chi connectivity index (χ0n) is 16.2. The molecule has 3 N–H and O–H groups in total. The Kier molecular flexibility index (Phi) is 7.11. The fourth-order valence-corrected chi connectivity index (χ4v) is 2.76. The van der Waals surface area contributed by atoms with Crippen molar-refractivity contribution in [3.8, 4) is 0 Å². The molecule has 0 bridgehead atoms. The first-order chi connectivity index (χ1) is 12.9. The third-order valence-corrected chi connectivity index (χ3v) is 4.14. The number of benzene rings is 2. The molecule has 0 aliphatic heterocycles. The molecule has 0 fully saturated rings. The molecule has 2 aromatic rings. The Morgan fingerprint density at radius 2 is 1.78 bits per heavy atom. The molecule has 1 atom stereocenters. The third-order valence-electron chi connectivity index (χ3n) is 4.14. The lowest BCUT2D eigenvalue weighted by atomic mass is 10.1. The van der Waals surface area contributed by atoms with Gasteiger partial charge in [-0.1, -0.05) is 29.8 Å². The maximum atomic E-state index is 12.1. The highest BCUT2D eigenvalue weighted by Gasteiger charge is 2.14. The average Bonchev–Trinajstić information content (AvgIpc) is 2.63. The summed E-state index contributed by atoms with van der Waals surface area (Å²) in [5.74, 6) is 0.0980. The van der Waals surface area contributed by atoms with Gasteiger partial charge in [0, 0.05) is 25.3 Å². The molecule has 142 valence electrons. The van der Waals surface area contributed by atoms with Crippen LogP contribution in [-0.4, -0.2) is 31.7 Å². The maximum Gasteiger partial charge on any atom is 0.233 e. The fraction of sp³-hybridized carbons (Fsp3) is 0.286. The van der Waals surface area contributed by atoms with E-state index in [1.165, 1.54) is 0 Å². The van der Waals surface area contributed by atoms with Crippen LogP contribution in [0.15, 0.2) is 53.5 Å². The number of amidine groups is 1. The van der Waals surface area contributed by atoms with E-state index in [0.29, 0.717) is 5.69 Å². The van der Waals surface area contributed by atoms with Crippen molar-refractivity contribution in [2.45, 2.75) is 26.3 Å². The molecule has 6 nitrogen and oxygen atoms in total. The summed E-state index contributed by atoms with van der Waals surface area (Å²) in [6, 6.07) is 15.0. The van der Waals surface area contributed by atoms with Crippen molar-refractivity contribution < 1.29 is 9.59 Å². The first-order valence-corrected chi connectivity index (χ1v) is 8.83. The number of aliphatic imine (C=N–C) groups is 1. The molecule has 0 radical (unpaired) electrons. The average molecular weight is 366 g/mol. The van der Waals surface area contributed by atoms with Crippen molar-refractivity contribution in [2.75, 3.05) is 19.4 Å². The fourth-order valence-electron chi connectivity index (χ4n) is 2.76. The molecular weight excluding hydrogens is 340 g/mol. The van der Waals surface area contributed by atoms with Gasteiger partial charge in [0.05, 0.1) is 6.04 Å². The van der Waals surface area contributed by atoms with Crippen molar-refractivity contribution in [3.05, 3.63) is 65.2 Å². The molecule has 6 heteroatoms. The number of hydrogen-bond donors (Lipinski definition) is 3. The first-order valence-electron chi connectivity index (χ1n) is 8.83. The summed E-state index contributed by atoms with van der Waals surface area (Å²) >= 11 is 0. The number of amides is 2. The number of nitrogens with one attached hydrogen (secondary N) is 3. The highest BCUT2D eigenvalue weighted by molar-refractivity contribution is 6.04. The van der Waals surface area contributed by atoms with Crippen LogP contribution in [-0.2, 0) is 9.59 Å². The van der Waals surface area contributed by atoms with E-state index in [2.05, 4.69) is 20.9 Å². The van der Waals surface area contributed by atoms with Gasteiger partial charge in [-0.05, 0) is 43.7 Å². The second-order valence-electron chi connectivity index (χ2n) is 6.33. The number of carbonyl (C=O) groups excluding carboxylic acids is 2. The number of anilines is 1. The molecule has 2 rings (SSSR count). The Bertz CT molecular complexity index is 828. The van der Waals surface area contributed by atoms with Gasteiger partial charge in [-0.3, -0.25) is 14.6 Å².